The van der Waals surface area contributed by atoms with Gasteiger partial charge in [-0.3, -0.25) is 4.79 Å². The van der Waals surface area contributed by atoms with Gasteiger partial charge in [0.1, 0.15) is 23.5 Å². The number of phenolic OH excluding ortho intramolecular Hbond substituents is 1. The third kappa shape index (κ3) is 7.16. The average Bonchev–Trinajstić information content (AvgIpc) is 2.79. The number of aliphatic hydroxyl groups is 2. The molecule has 0 aromatic heterocycles. The van der Waals surface area contributed by atoms with Gasteiger partial charge in [0, 0.05) is 13.0 Å². The number of hydrogen-bond acceptors (Lipinski definition) is 8. The van der Waals surface area contributed by atoms with Crippen LogP contribution in [0.1, 0.15) is 48.2 Å². The zero-order valence-corrected chi connectivity index (χ0v) is 19.0. The number of hydrogen-bond donors (Lipinski definition) is 4. The monoisotopic (exact) mass is 461 g/mol. The first-order valence-corrected chi connectivity index (χ1v) is 10.8. The smallest absolute Gasteiger partial charge is 0.406 e. The molecule has 0 aliphatic carbocycles. The maximum atomic E-state index is 13.0. The van der Waals surface area contributed by atoms with E-state index in [1.54, 1.807) is 26.0 Å². The van der Waals surface area contributed by atoms with Gasteiger partial charge in [-0.25, -0.2) is 9.59 Å². The van der Waals surface area contributed by atoms with Crippen LogP contribution in [-0.2, 0) is 20.7 Å². The maximum absolute atomic E-state index is 13.0. The van der Waals surface area contributed by atoms with Crippen LogP contribution in [-0.4, -0.2) is 65.1 Å². The summed E-state index contributed by atoms with van der Waals surface area (Å²) in [5, 5.41) is 33.1. The molecule has 0 saturated carbocycles. The number of carbonyl (C=O) groups is 3. The number of aliphatic hydroxyl groups excluding tert-OH is 2. The number of benzene rings is 1. The van der Waals surface area contributed by atoms with E-state index >= 15 is 0 Å². The quantitative estimate of drug-likeness (QED) is 0.395. The van der Waals surface area contributed by atoms with E-state index in [-0.39, 0.29) is 30.3 Å². The molecule has 0 saturated heterocycles. The molecule has 2 rings (SSSR count). The van der Waals surface area contributed by atoms with Crippen molar-refractivity contribution in [3.63, 3.8) is 0 Å². The molecule has 0 fully saturated rings. The first-order valence-electron chi connectivity index (χ1n) is 10.8. The molecule has 4 atom stereocenters. The number of alkyl carbamates (subject to hydrolysis) is 1. The molecule has 1 amide bonds. The molecular weight excluding hydrogens is 430 g/mol. The Labute approximate surface area is 192 Å². The van der Waals surface area contributed by atoms with Crippen molar-refractivity contribution in [3.8, 4) is 5.75 Å². The minimum atomic E-state index is -1.59. The largest absolute Gasteiger partial charge is 0.507 e. The Morgan fingerprint density at radius 3 is 2.64 bits per heavy atom. The lowest BCUT2D eigenvalue weighted by Crippen LogP contribution is -2.32. The highest BCUT2D eigenvalue weighted by molar-refractivity contribution is 5.97. The number of phenols is 1. The molecule has 33 heavy (non-hydrogen) atoms. The third-order valence-electron chi connectivity index (χ3n) is 5.46. The number of aromatic hydroxyl groups is 1. The average molecular weight is 462 g/mol. The minimum Gasteiger partial charge on any atom is -0.507 e. The second-order valence-electron chi connectivity index (χ2n) is 7.90. The fourth-order valence-corrected chi connectivity index (χ4v) is 3.25. The molecule has 1 heterocycles. The summed E-state index contributed by atoms with van der Waals surface area (Å²) in [7, 11) is 1.46. The van der Waals surface area contributed by atoms with Gasteiger partial charge in [0.05, 0.1) is 12.7 Å². The molecular formula is C24H31NO8. The van der Waals surface area contributed by atoms with Crippen LogP contribution >= 0.6 is 0 Å². The van der Waals surface area contributed by atoms with Crippen LogP contribution in [0.15, 0.2) is 30.4 Å². The van der Waals surface area contributed by atoms with Crippen molar-refractivity contribution in [2.24, 2.45) is 5.92 Å². The van der Waals surface area contributed by atoms with Gasteiger partial charge >= 0.3 is 12.1 Å². The summed E-state index contributed by atoms with van der Waals surface area (Å²) >= 11 is 0. The van der Waals surface area contributed by atoms with E-state index in [9.17, 15) is 29.7 Å². The Balaban J connectivity index is 2.41. The lowest BCUT2D eigenvalue weighted by Gasteiger charge is -2.21. The molecule has 1 aliphatic heterocycles. The van der Waals surface area contributed by atoms with Gasteiger partial charge in [-0.05, 0) is 49.5 Å². The predicted octanol–water partition coefficient (Wildman–Crippen LogP) is 2.13. The van der Waals surface area contributed by atoms with Gasteiger partial charge in [0.15, 0.2) is 5.78 Å². The molecule has 1 aromatic carbocycles. The van der Waals surface area contributed by atoms with Crippen LogP contribution in [0.4, 0.5) is 4.79 Å². The van der Waals surface area contributed by atoms with Gasteiger partial charge in [-0.2, -0.15) is 0 Å². The zero-order valence-electron chi connectivity index (χ0n) is 19.0. The highest BCUT2D eigenvalue weighted by Gasteiger charge is 2.25. The summed E-state index contributed by atoms with van der Waals surface area (Å²) in [6.45, 7) is 3.54. The van der Waals surface area contributed by atoms with E-state index in [1.807, 2.05) is 0 Å². The van der Waals surface area contributed by atoms with Gasteiger partial charge in [0.2, 0.25) is 0 Å². The molecule has 9 nitrogen and oxygen atoms in total. The fraction of sp³-hybridized carbons (Fsp3) is 0.458. The van der Waals surface area contributed by atoms with Gasteiger partial charge in [-0.1, -0.05) is 31.2 Å². The third-order valence-corrected chi connectivity index (χ3v) is 5.46. The van der Waals surface area contributed by atoms with E-state index in [0.29, 0.717) is 24.0 Å². The van der Waals surface area contributed by atoms with Crippen LogP contribution in [0.2, 0.25) is 0 Å². The van der Waals surface area contributed by atoms with E-state index in [2.05, 4.69) is 5.32 Å². The first kappa shape index (κ1) is 26.1. The molecule has 180 valence electrons. The maximum Gasteiger partial charge on any atom is 0.406 e. The summed E-state index contributed by atoms with van der Waals surface area (Å²) in [6.07, 6.45) is 2.44. The topological polar surface area (TPSA) is 142 Å². The number of ether oxygens (including phenoxy) is 2. The predicted molar refractivity (Wildman–Crippen MR) is 121 cm³/mol. The highest BCUT2D eigenvalue weighted by Crippen LogP contribution is 2.29. The number of rotatable bonds is 4. The first-order chi connectivity index (χ1) is 15.6. The number of carbonyl (C=O) groups excluding carboxylic acids is 3. The van der Waals surface area contributed by atoms with Crippen LogP contribution in [0, 0.1) is 5.92 Å². The van der Waals surface area contributed by atoms with E-state index in [1.165, 1.54) is 31.3 Å². The fourth-order valence-electron chi connectivity index (χ4n) is 3.25. The molecule has 0 bridgehead atoms. The van der Waals surface area contributed by atoms with Crippen molar-refractivity contribution < 1.29 is 39.2 Å². The number of aryl methyl sites for hydroxylation is 1. The Morgan fingerprint density at radius 2 is 1.94 bits per heavy atom. The molecule has 0 radical (unpaired) electrons. The van der Waals surface area contributed by atoms with Crippen molar-refractivity contribution >= 4 is 23.9 Å². The summed E-state index contributed by atoms with van der Waals surface area (Å²) in [5.41, 5.74) is 1.05. The standard InChI is InChI=1S/C24H31NO8/c1-14-9-11-20(28)22(29)19(27)8-4-7-17-16(6-5-13-32-24(31)25-3)10-12-18(26)21(17)23(30)33-15(14)2/h4,7,9-12,14-15,19,22,26-27,29H,5-6,8,13H2,1-3H3,(H,25,31)/b7-4+,11-9-/t14-,15+,19+,22+/m1/s1. The SMILES string of the molecule is CNC(=O)OCCCc1ccc(O)c2c1/C=C/C[C@H](O)[C@H](O)C(=O)/C=C\[C@@H](C)[C@H](C)OC2=O. The summed E-state index contributed by atoms with van der Waals surface area (Å²) < 4.78 is 10.5. The van der Waals surface area contributed by atoms with Crippen molar-refractivity contribution in [1.29, 1.82) is 0 Å². The van der Waals surface area contributed by atoms with Crippen LogP contribution in [0.3, 0.4) is 0 Å². The number of fused-ring (bicyclic) bond motifs is 1. The lowest BCUT2D eigenvalue weighted by atomic mass is 9.95. The van der Waals surface area contributed by atoms with Crippen LogP contribution in [0.25, 0.3) is 6.08 Å². The van der Waals surface area contributed by atoms with E-state index < -0.39 is 36.2 Å². The molecule has 9 heteroatoms. The van der Waals surface area contributed by atoms with Crippen molar-refractivity contribution in [2.75, 3.05) is 13.7 Å². The molecule has 1 aliphatic rings. The van der Waals surface area contributed by atoms with Gasteiger partial charge in [-0.15, -0.1) is 0 Å². The summed E-state index contributed by atoms with van der Waals surface area (Å²) in [5.74, 6) is -2.00. The van der Waals surface area contributed by atoms with Gasteiger partial charge < -0.3 is 30.1 Å². The Kier molecular flexibility index (Phi) is 9.62. The molecule has 4 N–H and O–H groups in total. The van der Waals surface area contributed by atoms with Crippen molar-refractivity contribution in [2.45, 2.75) is 51.4 Å². The summed E-state index contributed by atoms with van der Waals surface area (Å²) in [4.78, 5) is 36.3. The Morgan fingerprint density at radius 1 is 1.21 bits per heavy atom. The molecule has 1 aromatic rings. The second-order valence-corrected chi connectivity index (χ2v) is 7.90. The minimum absolute atomic E-state index is 0.0258. The molecule has 0 spiro atoms. The van der Waals surface area contributed by atoms with Crippen LogP contribution in [0.5, 0.6) is 5.75 Å². The Bertz CT molecular complexity index is 923. The normalized spacial score (nSPS) is 25.8. The Hall–Kier alpha value is -3.17. The van der Waals surface area contributed by atoms with Crippen molar-refractivity contribution in [1.82, 2.24) is 5.32 Å². The number of esters is 1. The van der Waals surface area contributed by atoms with Gasteiger partial charge in [0.25, 0.3) is 0 Å². The van der Waals surface area contributed by atoms with E-state index in [4.69, 9.17) is 9.47 Å². The zero-order chi connectivity index (χ0) is 24.5. The molecule has 0 unspecified atom stereocenters. The van der Waals surface area contributed by atoms with Crippen molar-refractivity contribution in [3.05, 3.63) is 47.1 Å². The number of ketones is 1. The highest BCUT2D eigenvalue weighted by atomic mass is 16.5. The van der Waals surface area contributed by atoms with Crippen LogP contribution < -0.4 is 5.32 Å². The number of amides is 1. The lowest BCUT2D eigenvalue weighted by molar-refractivity contribution is -0.127. The summed E-state index contributed by atoms with van der Waals surface area (Å²) in [6, 6.07) is 3.05. The number of nitrogens with one attached hydrogen (secondary N) is 1. The number of cyclic esters (lactones) is 1. The van der Waals surface area contributed by atoms with E-state index in [0.717, 1.165) is 0 Å². The second kappa shape index (κ2) is 12.2.